The Morgan fingerprint density at radius 2 is 1.91 bits per heavy atom. The van der Waals surface area contributed by atoms with Crippen LogP contribution in [0.15, 0.2) is 48.5 Å². The van der Waals surface area contributed by atoms with Gasteiger partial charge in [-0.05, 0) is 43.7 Å². The molecule has 1 aromatic heterocycles. The second kappa shape index (κ2) is 7.62. The monoisotopic (exact) mass is 343 g/mol. The molecule has 1 unspecified atom stereocenters. The molecule has 0 spiro atoms. The molecule has 0 aliphatic heterocycles. The van der Waals surface area contributed by atoms with Gasteiger partial charge in [0.05, 0.1) is 16.8 Å². The van der Waals surface area contributed by atoms with E-state index >= 15 is 0 Å². The molecule has 0 saturated heterocycles. The number of hydrogen-bond acceptors (Lipinski definition) is 3. The van der Waals surface area contributed by atoms with Gasteiger partial charge >= 0.3 is 0 Å². The van der Waals surface area contributed by atoms with Crippen molar-refractivity contribution >= 4 is 45.3 Å². The van der Waals surface area contributed by atoms with Gasteiger partial charge in [0.15, 0.2) is 0 Å². The quantitative estimate of drug-likeness (QED) is 0.523. The summed E-state index contributed by atoms with van der Waals surface area (Å²) in [4.78, 5) is 4.62. The van der Waals surface area contributed by atoms with E-state index in [-0.39, 0.29) is 5.38 Å². The Hall–Kier alpha value is -1.84. The molecule has 0 fully saturated rings. The van der Waals surface area contributed by atoms with Crippen LogP contribution in [0, 0.1) is 0 Å². The molecule has 0 radical (unpaired) electrons. The maximum Gasteiger partial charge on any atom is 0.126 e. The summed E-state index contributed by atoms with van der Waals surface area (Å²) >= 11 is 7.65. The van der Waals surface area contributed by atoms with Crippen LogP contribution in [-0.2, 0) is 0 Å². The van der Waals surface area contributed by atoms with Crippen LogP contribution in [0.5, 0.6) is 5.75 Å². The molecule has 0 aliphatic carbocycles. The predicted molar refractivity (Wildman–Crippen MR) is 100 cm³/mol. The minimum absolute atomic E-state index is 0.125. The summed E-state index contributed by atoms with van der Waals surface area (Å²) in [7, 11) is 0. The maximum atomic E-state index is 5.96. The maximum absolute atomic E-state index is 5.96. The number of ether oxygens (including phenoxy) is 1. The third-order valence-corrected chi connectivity index (χ3v) is 4.63. The smallest absolute Gasteiger partial charge is 0.126 e. The topological polar surface area (TPSA) is 22.1 Å². The Labute approximate surface area is 145 Å². The first kappa shape index (κ1) is 16.0. The lowest BCUT2D eigenvalue weighted by Gasteiger charge is -2.09. The second-order valence-electron chi connectivity index (χ2n) is 5.31. The van der Waals surface area contributed by atoms with Gasteiger partial charge in [-0.3, -0.25) is 0 Å². The van der Waals surface area contributed by atoms with Crippen molar-refractivity contribution in [1.29, 1.82) is 0 Å². The summed E-state index contributed by atoms with van der Waals surface area (Å²) in [5.41, 5.74) is 2.09. The fourth-order valence-electron chi connectivity index (χ4n) is 2.20. The molecule has 4 heteroatoms. The third kappa shape index (κ3) is 4.34. The van der Waals surface area contributed by atoms with Gasteiger partial charge in [-0.1, -0.05) is 30.3 Å². The van der Waals surface area contributed by atoms with E-state index in [9.17, 15) is 0 Å². The number of nitrogens with zero attached hydrogens (tertiary/aromatic N) is 1. The molecule has 3 rings (SSSR count). The minimum atomic E-state index is 0.125. The van der Waals surface area contributed by atoms with Crippen LogP contribution in [0.1, 0.15) is 23.9 Å². The number of fused-ring (bicyclic) bond motifs is 1. The summed E-state index contributed by atoms with van der Waals surface area (Å²) in [6.07, 6.45) is 4.92. The lowest BCUT2D eigenvalue weighted by molar-refractivity contribution is 0.310. The van der Waals surface area contributed by atoms with Crippen LogP contribution >= 0.6 is 22.9 Å². The van der Waals surface area contributed by atoms with Crippen molar-refractivity contribution in [3.63, 3.8) is 0 Å². The molecule has 2 nitrogen and oxygen atoms in total. The number of halogens is 1. The number of thiazole rings is 1. The first-order chi connectivity index (χ1) is 11.2. The van der Waals surface area contributed by atoms with Crippen LogP contribution in [0.25, 0.3) is 22.4 Å². The molecule has 0 N–H and O–H groups in total. The number of rotatable bonds is 6. The summed E-state index contributed by atoms with van der Waals surface area (Å²) in [5, 5.41) is 1.12. The van der Waals surface area contributed by atoms with Gasteiger partial charge in [0.1, 0.15) is 10.8 Å². The van der Waals surface area contributed by atoms with E-state index in [1.54, 1.807) is 11.3 Å². The molecular formula is C19H18ClNOS. The Kier molecular flexibility index (Phi) is 5.31. The van der Waals surface area contributed by atoms with Crippen LogP contribution in [0.4, 0.5) is 0 Å². The van der Waals surface area contributed by atoms with Crippen molar-refractivity contribution in [2.24, 2.45) is 0 Å². The SMILES string of the molecule is CC(Cl)CCOc1ccccc1/C=C/c1nc2ccccc2s1. The van der Waals surface area contributed by atoms with E-state index in [0.29, 0.717) is 6.61 Å². The van der Waals surface area contributed by atoms with Crippen LogP contribution in [0.2, 0.25) is 0 Å². The highest BCUT2D eigenvalue weighted by atomic mass is 35.5. The largest absolute Gasteiger partial charge is 0.493 e. The Bertz CT molecular complexity index is 777. The number of benzene rings is 2. The number of para-hydroxylation sites is 2. The van der Waals surface area contributed by atoms with Gasteiger partial charge in [0, 0.05) is 10.9 Å². The second-order valence-corrected chi connectivity index (χ2v) is 7.12. The van der Waals surface area contributed by atoms with Gasteiger partial charge in [-0.25, -0.2) is 4.98 Å². The first-order valence-corrected chi connectivity index (χ1v) is 8.87. The van der Waals surface area contributed by atoms with Gasteiger partial charge in [-0.15, -0.1) is 22.9 Å². The highest BCUT2D eigenvalue weighted by Gasteiger charge is 2.03. The Morgan fingerprint density at radius 3 is 2.74 bits per heavy atom. The van der Waals surface area contributed by atoms with Crippen LogP contribution < -0.4 is 4.74 Å². The molecule has 0 amide bonds. The predicted octanol–water partition coefficient (Wildman–Crippen LogP) is 5.86. The number of aromatic nitrogens is 1. The van der Waals surface area contributed by atoms with Crippen LogP contribution in [-0.4, -0.2) is 17.0 Å². The highest BCUT2D eigenvalue weighted by molar-refractivity contribution is 7.19. The van der Waals surface area contributed by atoms with E-state index in [2.05, 4.69) is 17.1 Å². The van der Waals surface area contributed by atoms with Crippen molar-refractivity contribution in [3.05, 3.63) is 59.1 Å². The fourth-order valence-corrected chi connectivity index (χ4v) is 3.16. The molecule has 0 saturated carbocycles. The van der Waals surface area contributed by atoms with Gasteiger partial charge in [0.2, 0.25) is 0 Å². The van der Waals surface area contributed by atoms with E-state index in [1.165, 1.54) is 4.70 Å². The third-order valence-electron chi connectivity index (χ3n) is 3.41. The molecule has 3 aromatic rings. The molecular weight excluding hydrogens is 326 g/mol. The lowest BCUT2D eigenvalue weighted by atomic mass is 10.2. The summed E-state index contributed by atoms with van der Waals surface area (Å²) < 4.78 is 7.04. The van der Waals surface area contributed by atoms with E-state index in [1.807, 2.05) is 55.5 Å². The van der Waals surface area contributed by atoms with Gasteiger partial charge < -0.3 is 4.74 Å². The van der Waals surface area contributed by atoms with Crippen LogP contribution in [0.3, 0.4) is 0 Å². The standard InChI is InChI=1S/C19H18ClNOS/c1-14(20)12-13-22-17-8-4-2-6-15(17)10-11-19-21-16-7-3-5-9-18(16)23-19/h2-11,14H,12-13H2,1H3/b11-10+. The highest BCUT2D eigenvalue weighted by Crippen LogP contribution is 2.25. The zero-order valence-corrected chi connectivity index (χ0v) is 14.5. The summed E-state index contributed by atoms with van der Waals surface area (Å²) in [6.45, 7) is 2.60. The minimum Gasteiger partial charge on any atom is -0.493 e. The first-order valence-electron chi connectivity index (χ1n) is 7.62. The average Bonchev–Trinajstić information content (AvgIpc) is 2.96. The van der Waals surface area contributed by atoms with E-state index in [4.69, 9.17) is 16.3 Å². The molecule has 23 heavy (non-hydrogen) atoms. The Balaban J connectivity index is 1.76. The van der Waals surface area contributed by atoms with Gasteiger partial charge in [-0.2, -0.15) is 0 Å². The van der Waals surface area contributed by atoms with Crippen molar-refractivity contribution in [2.75, 3.05) is 6.61 Å². The molecule has 0 bridgehead atoms. The van der Waals surface area contributed by atoms with Crippen molar-refractivity contribution in [1.82, 2.24) is 4.98 Å². The summed E-state index contributed by atoms with van der Waals surface area (Å²) in [6, 6.07) is 16.2. The average molecular weight is 344 g/mol. The number of alkyl halides is 1. The van der Waals surface area contributed by atoms with Gasteiger partial charge in [0.25, 0.3) is 0 Å². The molecule has 118 valence electrons. The molecule has 2 aromatic carbocycles. The van der Waals surface area contributed by atoms with Crippen molar-refractivity contribution < 1.29 is 4.74 Å². The zero-order valence-electron chi connectivity index (χ0n) is 12.9. The molecule has 0 aliphatic rings. The van der Waals surface area contributed by atoms with Crippen molar-refractivity contribution in [2.45, 2.75) is 18.7 Å². The summed E-state index contributed by atoms with van der Waals surface area (Å²) in [5.74, 6) is 0.877. The fraction of sp³-hybridized carbons (Fsp3) is 0.211. The normalized spacial score (nSPS) is 12.8. The zero-order chi connectivity index (χ0) is 16.1. The molecule has 1 heterocycles. The van der Waals surface area contributed by atoms with E-state index in [0.717, 1.165) is 28.3 Å². The lowest BCUT2D eigenvalue weighted by Crippen LogP contribution is -2.03. The van der Waals surface area contributed by atoms with Crippen molar-refractivity contribution in [3.8, 4) is 5.75 Å². The Morgan fingerprint density at radius 1 is 1.13 bits per heavy atom. The molecule has 1 atom stereocenters. The van der Waals surface area contributed by atoms with E-state index < -0.39 is 0 Å². The number of hydrogen-bond donors (Lipinski definition) is 0.